The molecule has 0 saturated carbocycles. The lowest BCUT2D eigenvalue weighted by Crippen LogP contribution is -2.09. The van der Waals surface area contributed by atoms with Crippen molar-refractivity contribution in [2.45, 2.75) is 11.5 Å². The van der Waals surface area contributed by atoms with Crippen molar-refractivity contribution in [1.82, 2.24) is 14.8 Å². The van der Waals surface area contributed by atoms with Crippen molar-refractivity contribution in [2.75, 3.05) is 5.73 Å². The van der Waals surface area contributed by atoms with Gasteiger partial charge in [0.15, 0.2) is 5.82 Å². The molecule has 0 radical (unpaired) electrons. The topological polar surface area (TPSA) is 56.7 Å². The third-order valence-electron chi connectivity index (χ3n) is 2.27. The molecule has 9 heteroatoms. The van der Waals surface area contributed by atoms with Crippen molar-refractivity contribution in [2.24, 2.45) is 0 Å². The summed E-state index contributed by atoms with van der Waals surface area (Å²) in [6, 6.07) is 2.36. The van der Waals surface area contributed by atoms with E-state index in [0.717, 1.165) is 6.07 Å². The van der Waals surface area contributed by atoms with E-state index in [1.165, 1.54) is 4.68 Å². The van der Waals surface area contributed by atoms with Gasteiger partial charge in [0.25, 0.3) is 0 Å². The van der Waals surface area contributed by atoms with E-state index in [2.05, 4.69) is 26.0 Å². The minimum atomic E-state index is -4.49. The Morgan fingerprint density at radius 1 is 1.37 bits per heavy atom. The highest BCUT2D eigenvalue weighted by Gasteiger charge is 2.31. The molecule has 0 spiro atoms. The molecule has 0 bridgehead atoms. The van der Waals surface area contributed by atoms with Crippen LogP contribution in [0.3, 0.4) is 0 Å². The largest absolute Gasteiger partial charge is 0.417 e. The molecule has 0 aliphatic heterocycles. The fourth-order valence-corrected chi connectivity index (χ4v) is 1.94. The Hall–Kier alpha value is -1.28. The van der Waals surface area contributed by atoms with Crippen molar-refractivity contribution in [3.8, 4) is 5.82 Å². The normalized spacial score (nSPS) is 11.8. The summed E-state index contributed by atoms with van der Waals surface area (Å²) in [6.07, 6.45) is -3.80. The molecule has 2 rings (SSSR count). The van der Waals surface area contributed by atoms with E-state index in [9.17, 15) is 13.2 Å². The molecule has 0 saturated heterocycles. The lowest BCUT2D eigenvalue weighted by atomic mass is 10.3. The molecule has 0 aliphatic carbocycles. The van der Waals surface area contributed by atoms with Gasteiger partial charge in [-0.15, -0.1) is 0 Å². The molecule has 0 aromatic carbocycles. The Morgan fingerprint density at radius 2 is 2.05 bits per heavy atom. The summed E-state index contributed by atoms with van der Waals surface area (Å²) >= 11 is 9.00. The second-order valence-electron chi connectivity index (χ2n) is 3.63. The van der Waals surface area contributed by atoms with Gasteiger partial charge in [0.1, 0.15) is 5.82 Å². The van der Waals surface area contributed by atoms with E-state index in [4.69, 9.17) is 17.3 Å². The summed E-state index contributed by atoms with van der Waals surface area (Å²) in [6.45, 7) is 0. The van der Waals surface area contributed by atoms with Crippen LogP contribution in [0.4, 0.5) is 19.0 Å². The number of rotatable bonds is 2. The molecule has 2 aromatic rings. The maximum absolute atomic E-state index is 12.5. The second-order valence-corrected chi connectivity index (χ2v) is 4.60. The first-order valence-electron chi connectivity index (χ1n) is 4.96. The van der Waals surface area contributed by atoms with Gasteiger partial charge in [-0.1, -0.05) is 27.5 Å². The summed E-state index contributed by atoms with van der Waals surface area (Å²) in [7, 11) is 0. The molecule has 0 unspecified atom stereocenters. The zero-order chi connectivity index (χ0) is 14.2. The minimum Gasteiger partial charge on any atom is -0.384 e. The fraction of sp³-hybridized carbons (Fsp3) is 0.200. The van der Waals surface area contributed by atoms with Gasteiger partial charge < -0.3 is 5.73 Å². The van der Waals surface area contributed by atoms with Gasteiger partial charge in [-0.25, -0.2) is 4.98 Å². The number of halogens is 5. The zero-order valence-corrected chi connectivity index (χ0v) is 11.6. The summed E-state index contributed by atoms with van der Waals surface area (Å²) in [5.74, 6) is 0.294. The van der Waals surface area contributed by atoms with Crippen LogP contribution in [0.5, 0.6) is 0 Å². The number of nitrogens with zero attached hydrogens (tertiary/aromatic N) is 3. The van der Waals surface area contributed by atoms with Crippen LogP contribution in [0.1, 0.15) is 11.3 Å². The van der Waals surface area contributed by atoms with Gasteiger partial charge in [-0.2, -0.15) is 23.0 Å². The molecule has 2 aromatic heterocycles. The highest BCUT2D eigenvalue weighted by Crippen LogP contribution is 2.32. The Morgan fingerprint density at radius 3 is 2.53 bits per heavy atom. The summed E-state index contributed by atoms with van der Waals surface area (Å²) in [4.78, 5) is 3.68. The van der Waals surface area contributed by atoms with E-state index in [-0.39, 0.29) is 16.7 Å². The number of anilines is 1. The van der Waals surface area contributed by atoms with E-state index >= 15 is 0 Å². The molecule has 0 fully saturated rings. The molecule has 102 valence electrons. The number of nitrogens with two attached hydrogens (primary N) is 1. The first-order chi connectivity index (χ1) is 8.82. The van der Waals surface area contributed by atoms with E-state index < -0.39 is 11.7 Å². The monoisotopic (exact) mass is 354 g/mol. The number of pyridine rings is 1. The van der Waals surface area contributed by atoms with Gasteiger partial charge in [0.05, 0.1) is 16.3 Å². The van der Waals surface area contributed by atoms with Crippen molar-refractivity contribution in [3.63, 3.8) is 0 Å². The van der Waals surface area contributed by atoms with Gasteiger partial charge in [0, 0.05) is 17.6 Å². The van der Waals surface area contributed by atoms with Crippen molar-refractivity contribution < 1.29 is 13.2 Å². The van der Waals surface area contributed by atoms with E-state index in [1.807, 2.05) is 0 Å². The van der Waals surface area contributed by atoms with Crippen LogP contribution in [0.15, 0.2) is 18.3 Å². The molecular weight excluding hydrogens is 348 g/mol. The highest BCUT2D eigenvalue weighted by molar-refractivity contribution is 9.08. The molecule has 2 heterocycles. The van der Waals surface area contributed by atoms with Crippen LogP contribution < -0.4 is 5.73 Å². The Balaban J connectivity index is 2.49. The maximum atomic E-state index is 12.5. The lowest BCUT2D eigenvalue weighted by Gasteiger charge is -2.09. The highest BCUT2D eigenvalue weighted by atomic mass is 79.9. The minimum absolute atomic E-state index is 0.0550. The van der Waals surface area contributed by atoms with Crippen molar-refractivity contribution in [1.29, 1.82) is 0 Å². The number of alkyl halides is 4. The predicted octanol–water partition coefficient (Wildman–Crippen LogP) is 3.42. The second kappa shape index (κ2) is 5.01. The average molecular weight is 356 g/mol. The molecule has 0 aliphatic rings. The molecule has 2 N–H and O–H groups in total. The van der Waals surface area contributed by atoms with Gasteiger partial charge in [-0.3, -0.25) is 0 Å². The molecule has 0 atom stereocenters. The van der Waals surface area contributed by atoms with E-state index in [1.54, 1.807) is 6.07 Å². The first-order valence-corrected chi connectivity index (χ1v) is 6.46. The number of hydrogen-bond acceptors (Lipinski definition) is 3. The quantitative estimate of drug-likeness (QED) is 0.840. The third-order valence-corrected chi connectivity index (χ3v) is 3.13. The molecule has 19 heavy (non-hydrogen) atoms. The Bertz CT molecular complexity index is 611. The van der Waals surface area contributed by atoms with Crippen LogP contribution in [-0.4, -0.2) is 14.8 Å². The van der Waals surface area contributed by atoms with Crippen LogP contribution in [0, 0.1) is 0 Å². The van der Waals surface area contributed by atoms with Gasteiger partial charge in [0.2, 0.25) is 0 Å². The number of aromatic nitrogens is 3. The van der Waals surface area contributed by atoms with Crippen molar-refractivity contribution in [3.05, 3.63) is 34.6 Å². The number of nitrogen functional groups attached to an aromatic ring is 1. The van der Waals surface area contributed by atoms with Crippen LogP contribution in [0.25, 0.3) is 5.82 Å². The average Bonchev–Trinajstić information content (AvgIpc) is 2.69. The zero-order valence-electron chi connectivity index (χ0n) is 9.25. The molecule has 4 nitrogen and oxygen atoms in total. The Labute approximate surface area is 119 Å². The predicted molar refractivity (Wildman–Crippen MR) is 68.4 cm³/mol. The van der Waals surface area contributed by atoms with Gasteiger partial charge in [-0.05, 0) is 6.07 Å². The fourth-order valence-electron chi connectivity index (χ4n) is 1.42. The first kappa shape index (κ1) is 14.1. The van der Waals surface area contributed by atoms with Crippen molar-refractivity contribution >= 4 is 33.3 Å². The smallest absolute Gasteiger partial charge is 0.384 e. The molecule has 0 amide bonds. The summed E-state index contributed by atoms with van der Waals surface area (Å²) in [5.41, 5.74) is 5.40. The maximum Gasteiger partial charge on any atom is 0.417 e. The third kappa shape index (κ3) is 2.84. The molecular formula is C10H7BrClF3N4. The SMILES string of the molecule is Nc1cc(CBr)nn1-c1ncc(C(F)(F)F)cc1Cl. The van der Waals surface area contributed by atoms with Gasteiger partial charge >= 0.3 is 6.18 Å². The summed E-state index contributed by atoms with van der Waals surface area (Å²) < 4.78 is 38.7. The van der Waals surface area contributed by atoms with Crippen LogP contribution >= 0.6 is 27.5 Å². The standard InChI is InChI=1S/C10H7BrClF3N4/c11-3-6-2-8(16)19(18-6)9-7(12)1-5(4-17-9)10(13,14)15/h1-2,4H,3,16H2. The summed E-state index contributed by atoms with van der Waals surface area (Å²) in [5, 5.41) is 4.35. The lowest BCUT2D eigenvalue weighted by molar-refractivity contribution is -0.137. The number of hydrogen-bond donors (Lipinski definition) is 1. The van der Waals surface area contributed by atoms with Crippen LogP contribution in [0.2, 0.25) is 5.02 Å². The Kier molecular flexibility index (Phi) is 3.73. The van der Waals surface area contributed by atoms with E-state index in [0.29, 0.717) is 17.2 Å². The van der Waals surface area contributed by atoms with Crippen LogP contribution in [-0.2, 0) is 11.5 Å².